The number of hydrogen-bond acceptors (Lipinski definition) is 5. The minimum atomic E-state index is -0.234. The molecule has 1 aromatic carbocycles. The second kappa shape index (κ2) is 8.80. The first kappa shape index (κ1) is 21.5. The number of benzene rings is 1. The van der Waals surface area contributed by atoms with Crippen LogP contribution >= 0.6 is 11.6 Å². The molecule has 0 saturated carbocycles. The Morgan fingerprint density at radius 3 is 2.72 bits per heavy atom. The topological polar surface area (TPSA) is 103 Å². The van der Waals surface area contributed by atoms with Gasteiger partial charge in [0.15, 0.2) is 0 Å². The van der Waals surface area contributed by atoms with E-state index in [1.54, 1.807) is 53.4 Å². The molecule has 162 valence electrons. The van der Waals surface area contributed by atoms with Crippen molar-refractivity contribution in [3.8, 4) is 0 Å². The summed E-state index contributed by atoms with van der Waals surface area (Å²) >= 11 is 6.07. The zero-order chi connectivity index (χ0) is 22.8. The Morgan fingerprint density at radius 2 is 1.94 bits per heavy atom. The van der Waals surface area contributed by atoms with Crippen LogP contribution in [0.5, 0.6) is 0 Å². The molecule has 3 N–H and O–H groups in total. The number of carbonyl (C=O) groups excluding carboxylic acids is 1. The number of aryl methyl sites for hydroxylation is 2. The second-order valence-corrected chi connectivity index (χ2v) is 8.10. The van der Waals surface area contributed by atoms with Crippen molar-refractivity contribution in [1.82, 2.24) is 19.9 Å². The zero-order valence-corrected chi connectivity index (χ0v) is 18.5. The molecular weight excluding hydrogens is 426 g/mol. The third-order valence-electron chi connectivity index (χ3n) is 5.32. The minimum Gasteiger partial charge on any atom is -0.384 e. The van der Waals surface area contributed by atoms with Gasteiger partial charge in [-0.3, -0.25) is 14.6 Å². The van der Waals surface area contributed by atoms with Gasteiger partial charge in [-0.05, 0) is 66.1 Å². The number of hydrogen-bond donors (Lipinski definition) is 2. The summed E-state index contributed by atoms with van der Waals surface area (Å²) in [5.74, 6) is 0.224. The summed E-state index contributed by atoms with van der Waals surface area (Å²) in [6.07, 6.45) is 3.31. The molecule has 1 amide bonds. The number of fused-ring (bicyclic) bond motifs is 1. The quantitative estimate of drug-likeness (QED) is 0.486. The molecule has 3 heterocycles. The molecule has 0 bridgehead atoms. The van der Waals surface area contributed by atoms with Crippen molar-refractivity contribution in [2.24, 2.45) is 0 Å². The van der Waals surface area contributed by atoms with E-state index in [4.69, 9.17) is 17.3 Å². The monoisotopic (exact) mass is 447 g/mol. The summed E-state index contributed by atoms with van der Waals surface area (Å²) in [4.78, 5) is 33.8. The van der Waals surface area contributed by atoms with Crippen molar-refractivity contribution in [1.29, 1.82) is 0 Å². The Labute approximate surface area is 189 Å². The van der Waals surface area contributed by atoms with Gasteiger partial charge in [-0.1, -0.05) is 17.7 Å². The summed E-state index contributed by atoms with van der Waals surface area (Å²) in [5.41, 5.74) is 9.37. The number of nitrogens with zero attached hydrogens (tertiary/aromatic N) is 3. The predicted molar refractivity (Wildman–Crippen MR) is 126 cm³/mol. The molecule has 0 spiro atoms. The van der Waals surface area contributed by atoms with Crippen molar-refractivity contribution >= 4 is 34.1 Å². The number of anilines is 1. The molecule has 3 aromatic heterocycles. The van der Waals surface area contributed by atoms with Gasteiger partial charge in [0.05, 0.1) is 12.2 Å². The molecule has 4 aromatic rings. The molecule has 7 nitrogen and oxygen atoms in total. The van der Waals surface area contributed by atoms with Gasteiger partial charge >= 0.3 is 0 Å². The second-order valence-electron chi connectivity index (χ2n) is 7.66. The van der Waals surface area contributed by atoms with E-state index in [0.717, 1.165) is 27.6 Å². The number of carbonyl (C=O) groups is 1. The molecule has 0 aliphatic rings. The first-order chi connectivity index (χ1) is 15.3. The highest BCUT2D eigenvalue weighted by molar-refractivity contribution is 6.31. The van der Waals surface area contributed by atoms with Crippen LogP contribution < -0.4 is 16.6 Å². The Morgan fingerprint density at radius 1 is 1.12 bits per heavy atom. The lowest BCUT2D eigenvalue weighted by Crippen LogP contribution is -2.25. The summed E-state index contributed by atoms with van der Waals surface area (Å²) in [6.45, 7) is 4.38. The van der Waals surface area contributed by atoms with Crippen molar-refractivity contribution in [2.45, 2.75) is 26.9 Å². The van der Waals surface area contributed by atoms with Crippen LogP contribution in [0.4, 0.5) is 5.82 Å². The molecule has 32 heavy (non-hydrogen) atoms. The van der Waals surface area contributed by atoms with Crippen LogP contribution in [-0.4, -0.2) is 20.4 Å². The largest absolute Gasteiger partial charge is 0.384 e. The van der Waals surface area contributed by atoms with E-state index >= 15 is 0 Å². The van der Waals surface area contributed by atoms with Gasteiger partial charge in [0.1, 0.15) is 5.82 Å². The van der Waals surface area contributed by atoms with Crippen LogP contribution in [0, 0.1) is 13.8 Å². The molecule has 0 radical (unpaired) electrons. The summed E-state index contributed by atoms with van der Waals surface area (Å²) in [6, 6.07) is 12.0. The normalized spacial score (nSPS) is 11.0. The SMILES string of the molecule is Cc1cc(N)nc(C)c1CNC(=O)c1ccnc(Cn2cc3cc(Cl)ccc3cc2=O)c1. The van der Waals surface area contributed by atoms with Gasteiger partial charge in [-0.2, -0.15) is 0 Å². The number of aromatic nitrogens is 3. The van der Waals surface area contributed by atoms with Gasteiger partial charge in [-0.15, -0.1) is 0 Å². The third-order valence-corrected chi connectivity index (χ3v) is 5.55. The first-order valence-corrected chi connectivity index (χ1v) is 10.4. The molecule has 0 aliphatic heterocycles. The number of nitrogen functional groups attached to an aromatic ring is 1. The molecule has 8 heteroatoms. The van der Waals surface area contributed by atoms with Gasteiger partial charge in [0.2, 0.25) is 0 Å². The predicted octanol–water partition coefficient (Wildman–Crippen LogP) is 3.62. The average molecular weight is 448 g/mol. The van der Waals surface area contributed by atoms with Crippen LogP contribution in [0.15, 0.2) is 59.7 Å². The van der Waals surface area contributed by atoms with Crippen LogP contribution in [0.3, 0.4) is 0 Å². The zero-order valence-electron chi connectivity index (χ0n) is 17.7. The van der Waals surface area contributed by atoms with E-state index in [9.17, 15) is 9.59 Å². The Bertz CT molecular complexity index is 1370. The molecule has 4 rings (SSSR count). The number of nitrogens with two attached hydrogens (primary N) is 1. The Kier molecular flexibility index (Phi) is 5.92. The highest BCUT2D eigenvalue weighted by Crippen LogP contribution is 2.18. The fourth-order valence-corrected chi connectivity index (χ4v) is 3.85. The van der Waals surface area contributed by atoms with Gasteiger partial charge < -0.3 is 15.6 Å². The van der Waals surface area contributed by atoms with Crippen molar-refractivity contribution in [3.63, 3.8) is 0 Å². The Hall–Kier alpha value is -3.71. The van der Waals surface area contributed by atoms with E-state index in [1.165, 1.54) is 0 Å². The fourth-order valence-electron chi connectivity index (χ4n) is 3.67. The smallest absolute Gasteiger partial charge is 0.251 e. The number of nitrogens with one attached hydrogen (secondary N) is 1. The summed E-state index contributed by atoms with van der Waals surface area (Å²) < 4.78 is 1.55. The number of halogens is 1. The van der Waals surface area contributed by atoms with Gasteiger partial charge in [0.25, 0.3) is 11.5 Å². The van der Waals surface area contributed by atoms with E-state index in [0.29, 0.717) is 28.6 Å². The lowest BCUT2D eigenvalue weighted by molar-refractivity contribution is 0.0950. The minimum absolute atomic E-state index is 0.154. The maximum atomic E-state index is 12.7. The maximum Gasteiger partial charge on any atom is 0.251 e. The van der Waals surface area contributed by atoms with E-state index in [1.807, 2.05) is 19.9 Å². The molecular formula is C24H22ClN5O2. The number of pyridine rings is 3. The molecule has 0 unspecified atom stereocenters. The highest BCUT2D eigenvalue weighted by atomic mass is 35.5. The van der Waals surface area contributed by atoms with Crippen molar-refractivity contribution in [3.05, 3.63) is 98.3 Å². The van der Waals surface area contributed by atoms with Gasteiger partial charge in [0, 0.05) is 41.3 Å². The van der Waals surface area contributed by atoms with Crippen molar-refractivity contribution < 1.29 is 4.79 Å². The molecule has 0 aliphatic carbocycles. The molecule has 0 atom stereocenters. The van der Waals surface area contributed by atoms with Gasteiger partial charge in [-0.25, -0.2) is 4.98 Å². The fraction of sp³-hybridized carbons (Fsp3) is 0.167. The van der Waals surface area contributed by atoms with Crippen LogP contribution in [0.2, 0.25) is 5.02 Å². The van der Waals surface area contributed by atoms with Crippen LogP contribution in [-0.2, 0) is 13.1 Å². The number of amides is 1. The first-order valence-electron chi connectivity index (χ1n) is 10.1. The Balaban J connectivity index is 1.52. The van der Waals surface area contributed by atoms with Crippen molar-refractivity contribution in [2.75, 3.05) is 5.73 Å². The lowest BCUT2D eigenvalue weighted by Gasteiger charge is -2.12. The van der Waals surface area contributed by atoms with Crippen LogP contribution in [0.1, 0.15) is 32.9 Å². The average Bonchev–Trinajstić information content (AvgIpc) is 2.74. The molecule has 0 fully saturated rings. The highest BCUT2D eigenvalue weighted by Gasteiger charge is 2.11. The van der Waals surface area contributed by atoms with E-state index in [-0.39, 0.29) is 18.0 Å². The van der Waals surface area contributed by atoms with Crippen LogP contribution in [0.25, 0.3) is 10.8 Å². The standard InChI is InChI=1S/C24H22ClN5O2/c1-14-7-22(26)29-15(2)21(14)11-28-24(32)17-5-6-27-20(9-17)13-30-12-18-8-19(25)4-3-16(18)10-23(30)31/h3-10,12H,11,13H2,1-2H3,(H2,26,29)(H,28,32). The number of rotatable bonds is 5. The van der Waals surface area contributed by atoms with E-state index < -0.39 is 0 Å². The summed E-state index contributed by atoms with van der Waals surface area (Å²) in [5, 5.41) is 5.19. The van der Waals surface area contributed by atoms with E-state index in [2.05, 4.69) is 15.3 Å². The third kappa shape index (κ3) is 4.63. The molecule has 0 saturated heterocycles. The summed E-state index contributed by atoms with van der Waals surface area (Å²) in [7, 11) is 0. The lowest BCUT2D eigenvalue weighted by atomic mass is 10.1. The maximum absolute atomic E-state index is 12.7.